The van der Waals surface area contributed by atoms with Crippen molar-refractivity contribution in [1.29, 1.82) is 0 Å². The molecule has 0 aliphatic heterocycles. The summed E-state index contributed by atoms with van der Waals surface area (Å²) in [6.45, 7) is 4.02. The van der Waals surface area contributed by atoms with E-state index in [0.29, 0.717) is 18.1 Å². The van der Waals surface area contributed by atoms with Crippen molar-refractivity contribution in [2.75, 3.05) is 7.11 Å². The summed E-state index contributed by atoms with van der Waals surface area (Å²) in [6.07, 6.45) is 0.612. The minimum Gasteiger partial charge on any atom is -0.495 e. The van der Waals surface area contributed by atoms with Gasteiger partial charge in [0.15, 0.2) is 0 Å². The third kappa shape index (κ3) is 4.16. The molecule has 0 aliphatic rings. The number of ether oxygens (including phenoxy) is 1. The molecular formula is C11H19N3O2S2. The number of carbonyl (C=O) groups excluding carboxylic acids is 1. The van der Waals surface area contributed by atoms with Crippen LogP contribution in [-0.4, -0.2) is 19.1 Å². The summed E-state index contributed by atoms with van der Waals surface area (Å²) in [7, 11) is 0.574. The fourth-order valence-corrected chi connectivity index (χ4v) is 3.43. The Balaban J connectivity index is 2.80. The first-order valence-corrected chi connectivity index (χ1v) is 7.69. The highest BCUT2D eigenvalue weighted by atomic mass is 32.2. The van der Waals surface area contributed by atoms with Crippen molar-refractivity contribution in [3.63, 3.8) is 0 Å². The van der Waals surface area contributed by atoms with Crippen molar-refractivity contribution in [3.05, 3.63) is 11.4 Å². The maximum absolute atomic E-state index is 11.8. The molecule has 7 heteroatoms. The molecule has 102 valence electrons. The van der Waals surface area contributed by atoms with Gasteiger partial charge in [-0.25, -0.2) is 0 Å². The van der Waals surface area contributed by atoms with Gasteiger partial charge in [0, 0.05) is 10.9 Å². The zero-order valence-electron chi connectivity index (χ0n) is 10.8. The Hall–Kier alpha value is -0.760. The molecule has 0 aliphatic carbocycles. The number of hydrogen-bond acceptors (Lipinski definition) is 4. The number of thiophene rings is 1. The average molecular weight is 289 g/mol. The van der Waals surface area contributed by atoms with Crippen molar-refractivity contribution in [1.82, 2.24) is 0 Å². The molecule has 0 saturated heterocycles. The van der Waals surface area contributed by atoms with Gasteiger partial charge >= 0.3 is 0 Å². The van der Waals surface area contributed by atoms with Gasteiger partial charge in [-0.05, 0) is 23.8 Å². The fourth-order valence-electron chi connectivity index (χ4n) is 1.40. The largest absolute Gasteiger partial charge is 0.495 e. The second-order valence-corrected chi connectivity index (χ2v) is 6.65. The molecule has 2 atom stereocenters. The zero-order chi connectivity index (χ0) is 13.7. The standard InChI is InChI=1S/C11H19N3O2S2/c1-7(2)6-8(12)10(15)14-18(13)11-9(16-3)4-5-17-11/h4-5,7-8H,6,12H2,1-3H3,(H2,13,14,15). The van der Waals surface area contributed by atoms with Crippen LogP contribution in [0.2, 0.25) is 0 Å². The number of hydrogen-bond donors (Lipinski definition) is 2. The minimum atomic E-state index is -0.990. The number of carbonyl (C=O) groups is 1. The van der Waals surface area contributed by atoms with Gasteiger partial charge in [-0.15, -0.1) is 11.3 Å². The molecule has 1 aromatic rings. The highest BCUT2D eigenvalue weighted by molar-refractivity contribution is 7.87. The van der Waals surface area contributed by atoms with Gasteiger partial charge < -0.3 is 10.5 Å². The van der Waals surface area contributed by atoms with Crippen molar-refractivity contribution < 1.29 is 9.53 Å². The molecule has 0 bridgehead atoms. The van der Waals surface area contributed by atoms with Crippen molar-refractivity contribution >= 4 is 28.1 Å². The minimum absolute atomic E-state index is 0.343. The van der Waals surface area contributed by atoms with E-state index in [1.54, 1.807) is 13.2 Å². The van der Waals surface area contributed by atoms with E-state index in [4.69, 9.17) is 15.6 Å². The van der Waals surface area contributed by atoms with Crippen LogP contribution in [0, 0.1) is 5.92 Å². The molecule has 0 aromatic carbocycles. The Bertz CT molecular complexity index is 443. The van der Waals surface area contributed by atoms with Crippen molar-refractivity contribution in [2.45, 2.75) is 30.5 Å². The molecule has 1 heterocycles. The summed E-state index contributed by atoms with van der Waals surface area (Å²) in [6, 6.07) is 1.23. The van der Waals surface area contributed by atoms with Gasteiger partial charge in [0.1, 0.15) is 9.96 Å². The van der Waals surface area contributed by atoms with Gasteiger partial charge in [-0.3, -0.25) is 9.93 Å². The maximum atomic E-state index is 11.8. The van der Waals surface area contributed by atoms with Gasteiger partial charge in [0.25, 0.3) is 5.91 Å². The van der Waals surface area contributed by atoms with Gasteiger partial charge in [0.2, 0.25) is 0 Å². The molecular weight excluding hydrogens is 270 g/mol. The molecule has 4 N–H and O–H groups in total. The van der Waals surface area contributed by atoms with Crippen LogP contribution in [0.5, 0.6) is 5.75 Å². The van der Waals surface area contributed by atoms with E-state index in [2.05, 4.69) is 4.36 Å². The third-order valence-corrected chi connectivity index (χ3v) is 4.68. The van der Waals surface area contributed by atoms with E-state index < -0.39 is 16.9 Å². The summed E-state index contributed by atoms with van der Waals surface area (Å²) in [5.74, 6) is 0.680. The second-order valence-electron chi connectivity index (χ2n) is 4.26. The first kappa shape index (κ1) is 15.3. The van der Waals surface area contributed by atoms with Gasteiger partial charge in [-0.1, -0.05) is 13.8 Å². The van der Waals surface area contributed by atoms with Crippen molar-refractivity contribution in [3.8, 4) is 5.75 Å². The van der Waals surface area contributed by atoms with Crippen LogP contribution in [0.4, 0.5) is 0 Å². The van der Waals surface area contributed by atoms with Gasteiger partial charge in [0.05, 0.1) is 13.2 Å². The van der Waals surface area contributed by atoms with E-state index in [1.165, 1.54) is 11.3 Å². The van der Waals surface area contributed by atoms with Crippen LogP contribution in [-0.2, 0) is 15.7 Å². The average Bonchev–Trinajstić information content (AvgIpc) is 2.75. The fraction of sp³-hybridized carbons (Fsp3) is 0.545. The lowest BCUT2D eigenvalue weighted by atomic mass is 10.0. The van der Waals surface area contributed by atoms with Crippen LogP contribution in [0.25, 0.3) is 0 Å². The Morgan fingerprint density at radius 1 is 1.61 bits per heavy atom. The molecule has 1 amide bonds. The number of amides is 1. The van der Waals surface area contributed by atoms with Crippen LogP contribution in [0.1, 0.15) is 20.3 Å². The maximum Gasteiger partial charge on any atom is 0.269 e. The highest BCUT2D eigenvalue weighted by Gasteiger charge is 2.16. The van der Waals surface area contributed by atoms with Crippen molar-refractivity contribution in [2.24, 2.45) is 21.2 Å². The molecule has 18 heavy (non-hydrogen) atoms. The monoisotopic (exact) mass is 289 g/mol. The Morgan fingerprint density at radius 2 is 2.28 bits per heavy atom. The smallest absolute Gasteiger partial charge is 0.269 e. The third-order valence-electron chi connectivity index (χ3n) is 2.24. The van der Waals surface area contributed by atoms with Crippen LogP contribution < -0.4 is 15.6 Å². The lowest BCUT2D eigenvalue weighted by Gasteiger charge is -2.10. The van der Waals surface area contributed by atoms with E-state index in [9.17, 15) is 4.79 Å². The summed E-state index contributed by atoms with van der Waals surface area (Å²) >= 11 is 1.43. The lowest BCUT2D eigenvalue weighted by molar-refractivity contribution is -0.119. The molecule has 0 fully saturated rings. The Labute approximate surface area is 114 Å². The molecule has 1 aromatic heterocycles. The summed E-state index contributed by atoms with van der Waals surface area (Å²) in [4.78, 5) is 11.8. The molecule has 5 nitrogen and oxygen atoms in total. The molecule has 1 rings (SSSR count). The van der Waals surface area contributed by atoms with Crippen LogP contribution in [0.15, 0.2) is 20.0 Å². The zero-order valence-corrected chi connectivity index (χ0v) is 12.4. The second kappa shape index (κ2) is 6.98. The quantitative estimate of drug-likeness (QED) is 0.863. The first-order valence-electron chi connectivity index (χ1n) is 5.57. The lowest BCUT2D eigenvalue weighted by Crippen LogP contribution is -2.31. The molecule has 2 unspecified atom stereocenters. The van der Waals surface area contributed by atoms with Crippen LogP contribution in [0.3, 0.4) is 0 Å². The first-order chi connectivity index (χ1) is 8.45. The Morgan fingerprint density at radius 3 is 2.83 bits per heavy atom. The molecule has 0 spiro atoms. The van der Waals surface area contributed by atoms with E-state index >= 15 is 0 Å². The van der Waals surface area contributed by atoms with Gasteiger partial charge in [-0.2, -0.15) is 4.36 Å². The predicted molar refractivity (Wildman–Crippen MR) is 75.6 cm³/mol. The summed E-state index contributed by atoms with van der Waals surface area (Å²) in [5.41, 5.74) is 5.77. The highest BCUT2D eigenvalue weighted by Crippen LogP contribution is 2.27. The normalized spacial score (nSPS) is 14.8. The number of nitrogens with zero attached hydrogens (tertiary/aromatic N) is 1. The SMILES string of the molecule is COc1ccsc1S(N)=NC(=O)C(N)CC(C)C. The number of methoxy groups -OCH3 is 1. The number of rotatable bonds is 5. The molecule has 0 saturated carbocycles. The van der Waals surface area contributed by atoms with Crippen LogP contribution >= 0.6 is 11.3 Å². The molecule has 0 radical (unpaired) electrons. The summed E-state index contributed by atoms with van der Waals surface area (Å²) in [5, 5.41) is 7.76. The topological polar surface area (TPSA) is 90.7 Å². The summed E-state index contributed by atoms with van der Waals surface area (Å²) < 4.78 is 9.87. The Kier molecular flexibility index (Phi) is 5.94. The predicted octanol–water partition coefficient (Wildman–Crippen LogP) is 1.69. The van der Waals surface area contributed by atoms with E-state index in [-0.39, 0.29) is 5.91 Å². The number of nitrogens with two attached hydrogens (primary N) is 2. The van der Waals surface area contributed by atoms with E-state index in [1.807, 2.05) is 19.2 Å². The van der Waals surface area contributed by atoms with E-state index in [0.717, 1.165) is 4.21 Å².